The van der Waals surface area contributed by atoms with Gasteiger partial charge in [-0.25, -0.2) is 0 Å². The SMILES string of the molecule is CCCCCCCCCC1Nc2c(cccc2S(=O)(=O)O)N1Cc1ccccc1. The standard InChI is InChI=1S/C23H32N2O3S/c1-2-3-4-5-6-7-11-17-22-24-23-20(15-12-16-21(23)29(26,27)28)25(22)18-19-13-9-8-10-14-19/h8-10,12-16,22,24H,2-7,11,17-18H2,1H3,(H,26,27,28). The molecule has 158 valence electrons. The number of hydrogen-bond donors (Lipinski definition) is 2. The molecule has 29 heavy (non-hydrogen) atoms. The van der Waals surface area contributed by atoms with E-state index in [1.54, 1.807) is 6.07 Å². The zero-order valence-corrected chi connectivity index (χ0v) is 18.0. The van der Waals surface area contributed by atoms with Crippen molar-refractivity contribution in [2.75, 3.05) is 10.2 Å². The van der Waals surface area contributed by atoms with Gasteiger partial charge >= 0.3 is 0 Å². The Morgan fingerprint density at radius 2 is 1.62 bits per heavy atom. The van der Waals surface area contributed by atoms with Gasteiger partial charge in [-0.3, -0.25) is 4.55 Å². The van der Waals surface area contributed by atoms with Crippen LogP contribution in [0.3, 0.4) is 0 Å². The molecule has 0 bridgehead atoms. The maximum Gasteiger partial charge on any atom is 0.296 e. The molecule has 1 aliphatic rings. The Bertz CT molecular complexity index is 884. The maximum absolute atomic E-state index is 11.8. The summed E-state index contributed by atoms with van der Waals surface area (Å²) in [4.78, 5) is 2.17. The minimum absolute atomic E-state index is 0.0174. The molecule has 2 aromatic rings. The molecule has 0 fully saturated rings. The Morgan fingerprint density at radius 1 is 0.931 bits per heavy atom. The van der Waals surface area contributed by atoms with Gasteiger partial charge in [-0.2, -0.15) is 8.42 Å². The quantitative estimate of drug-likeness (QED) is 0.356. The monoisotopic (exact) mass is 416 g/mol. The van der Waals surface area contributed by atoms with Crippen molar-refractivity contribution in [3.05, 3.63) is 54.1 Å². The van der Waals surface area contributed by atoms with E-state index in [1.165, 1.54) is 50.2 Å². The van der Waals surface area contributed by atoms with E-state index >= 15 is 0 Å². The van der Waals surface area contributed by atoms with Crippen molar-refractivity contribution in [2.45, 2.75) is 75.9 Å². The van der Waals surface area contributed by atoms with E-state index < -0.39 is 10.1 Å². The average molecular weight is 417 g/mol. The zero-order chi connectivity index (χ0) is 20.7. The number of nitrogens with one attached hydrogen (secondary N) is 1. The van der Waals surface area contributed by atoms with Gasteiger partial charge in [-0.05, 0) is 30.5 Å². The third-order valence-electron chi connectivity index (χ3n) is 5.56. The molecule has 6 heteroatoms. The van der Waals surface area contributed by atoms with Crippen molar-refractivity contribution < 1.29 is 13.0 Å². The molecule has 0 aliphatic carbocycles. The Hall–Kier alpha value is -2.05. The molecule has 1 aliphatic heterocycles. The molecule has 1 atom stereocenters. The highest BCUT2D eigenvalue weighted by Crippen LogP contribution is 2.41. The van der Waals surface area contributed by atoms with Crippen molar-refractivity contribution in [1.82, 2.24) is 0 Å². The van der Waals surface area contributed by atoms with Crippen LogP contribution in [0.2, 0.25) is 0 Å². The highest BCUT2D eigenvalue weighted by molar-refractivity contribution is 7.86. The van der Waals surface area contributed by atoms with Gasteiger partial charge < -0.3 is 10.2 Å². The van der Waals surface area contributed by atoms with E-state index in [0.717, 1.165) is 18.5 Å². The summed E-state index contributed by atoms with van der Waals surface area (Å²) >= 11 is 0. The van der Waals surface area contributed by atoms with Crippen molar-refractivity contribution >= 4 is 21.5 Å². The second kappa shape index (κ2) is 10.1. The van der Waals surface area contributed by atoms with Crippen LogP contribution in [0, 0.1) is 0 Å². The molecule has 1 heterocycles. The summed E-state index contributed by atoms with van der Waals surface area (Å²) in [6.45, 7) is 2.92. The summed E-state index contributed by atoms with van der Waals surface area (Å²) in [5.74, 6) is 0. The van der Waals surface area contributed by atoms with Gasteiger partial charge in [-0.1, -0.05) is 81.8 Å². The molecule has 1 unspecified atom stereocenters. The predicted octanol–water partition coefficient (Wildman–Crippen LogP) is 5.83. The lowest BCUT2D eigenvalue weighted by atomic mass is 10.1. The Labute approximate surface area is 174 Å². The zero-order valence-electron chi connectivity index (χ0n) is 17.2. The smallest absolute Gasteiger partial charge is 0.296 e. The first-order chi connectivity index (χ1) is 14.0. The van der Waals surface area contributed by atoms with Gasteiger partial charge in [0.1, 0.15) is 4.90 Å². The lowest BCUT2D eigenvalue weighted by Crippen LogP contribution is -2.35. The lowest BCUT2D eigenvalue weighted by Gasteiger charge is -2.27. The second-order valence-corrected chi connectivity index (χ2v) is 9.20. The van der Waals surface area contributed by atoms with Crippen LogP contribution in [0.1, 0.15) is 63.9 Å². The molecule has 0 spiro atoms. The van der Waals surface area contributed by atoms with E-state index in [1.807, 2.05) is 24.3 Å². The number of anilines is 2. The molecule has 0 saturated carbocycles. The Balaban J connectivity index is 1.72. The summed E-state index contributed by atoms with van der Waals surface area (Å²) in [6.07, 6.45) is 9.62. The van der Waals surface area contributed by atoms with E-state index in [4.69, 9.17) is 0 Å². The summed E-state index contributed by atoms with van der Waals surface area (Å²) in [5, 5.41) is 3.38. The summed E-state index contributed by atoms with van der Waals surface area (Å²) in [7, 11) is -4.27. The van der Waals surface area contributed by atoms with Crippen LogP contribution in [0.25, 0.3) is 0 Å². The molecule has 0 radical (unpaired) electrons. The van der Waals surface area contributed by atoms with E-state index in [-0.39, 0.29) is 11.1 Å². The van der Waals surface area contributed by atoms with Crippen molar-refractivity contribution in [2.24, 2.45) is 0 Å². The number of rotatable bonds is 11. The minimum atomic E-state index is -4.27. The third kappa shape index (κ3) is 5.73. The number of benzene rings is 2. The van der Waals surface area contributed by atoms with Crippen molar-refractivity contribution in [3.8, 4) is 0 Å². The molecule has 2 N–H and O–H groups in total. The Kier molecular flexibility index (Phi) is 7.56. The first-order valence-corrected chi connectivity index (χ1v) is 12.1. The van der Waals surface area contributed by atoms with Gasteiger partial charge in [0.2, 0.25) is 0 Å². The molecule has 0 saturated heterocycles. The fraction of sp³-hybridized carbons (Fsp3) is 0.478. The van der Waals surface area contributed by atoms with Gasteiger partial charge in [-0.15, -0.1) is 0 Å². The fourth-order valence-electron chi connectivity index (χ4n) is 4.03. The predicted molar refractivity (Wildman–Crippen MR) is 119 cm³/mol. The maximum atomic E-state index is 11.8. The van der Waals surface area contributed by atoms with Crippen LogP contribution < -0.4 is 10.2 Å². The van der Waals surface area contributed by atoms with E-state index in [0.29, 0.717) is 12.2 Å². The lowest BCUT2D eigenvalue weighted by molar-refractivity contribution is 0.483. The van der Waals surface area contributed by atoms with E-state index in [2.05, 4.69) is 29.3 Å². The van der Waals surface area contributed by atoms with Crippen molar-refractivity contribution in [3.63, 3.8) is 0 Å². The van der Waals surface area contributed by atoms with E-state index in [9.17, 15) is 13.0 Å². The second-order valence-electron chi connectivity index (χ2n) is 7.81. The first kappa shape index (κ1) is 21.7. The van der Waals surface area contributed by atoms with Crippen LogP contribution in [0.4, 0.5) is 11.4 Å². The topological polar surface area (TPSA) is 69.6 Å². The number of nitrogens with zero attached hydrogens (tertiary/aromatic N) is 1. The van der Waals surface area contributed by atoms with Gasteiger partial charge in [0, 0.05) is 6.54 Å². The highest BCUT2D eigenvalue weighted by atomic mass is 32.2. The third-order valence-corrected chi connectivity index (χ3v) is 6.45. The van der Waals surface area contributed by atoms with Crippen molar-refractivity contribution in [1.29, 1.82) is 0 Å². The highest BCUT2D eigenvalue weighted by Gasteiger charge is 2.32. The van der Waals surface area contributed by atoms with Gasteiger partial charge in [0.15, 0.2) is 0 Å². The summed E-state index contributed by atoms with van der Waals surface area (Å²) in [5.41, 5.74) is 2.51. The average Bonchev–Trinajstić information content (AvgIpc) is 3.04. The normalized spacial score (nSPS) is 15.9. The first-order valence-electron chi connectivity index (χ1n) is 10.7. The molecular weight excluding hydrogens is 384 g/mol. The molecule has 3 rings (SSSR count). The number of hydrogen-bond acceptors (Lipinski definition) is 4. The minimum Gasteiger partial charge on any atom is -0.362 e. The van der Waals surface area contributed by atoms with Crippen LogP contribution >= 0.6 is 0 Å². The molecule has 2 aromatic carbocycles. The summed E-state index contributed by atoms with van der Waals surface area (Å²) in [6, 6.07) is 15.2. The number of fused-ring (bicyclic) bond motifs is 1. The summed E-state index contributed by atoms with van der Waals surface area (Å²) < 4.78 is 33.3. The largest absolute Gasteiger partial charge is 0.362 e. The molecule has 0 aromatic heterocycles. The van der Waals surface area contributed by atoms with Crippen LogP contribution in [0.5, 0.6) is 0 Å². The molecule has 5 nitrogen and oxygen atoms in total. The van der Waals surface area contributed by atoms with Gasteiger partial charge in [0.05, 0.1) is 17.5 Å². The van der Waals surface area contributed by atoms with Crippen LogP contribution in [-0.4, -0.2) is 19.1 Å². The Morgan fingerprint density at radius 3 is 2.31 bits per heavy atom. The number of para-hydroxylation sites is 1. The van der Waals surface area contributed by atoms with Crippen LogP contribution in [-0.2, 0) is 16.7 Å². The van der Waals surface area contributed by atoms with Gasteiger partial charge in [0.25, 0.3) is 10.1 Å². The molecule has 0 amide bonds. The van der Waals surface area contributed by atoms with Crippen LogP contribution in [0.15, 0.2) is 53.4 Å². The molecular formula is C23H32N2O3S. The fourth-order valence-corrected chi connectivity index (χ4v) is 4.70. The number of unbranched alkanes of at least 4 members (excludes halogenated alkanes) is 6.